The molecule has 1 aromatic heterocycles. The van der Waals surface area contributed by atoms with Crippen molar-refractivity contribution in [1.82, 2.24) is 4.98 Å². The number of para-hydroxylation sites is 1. The molecule has 0 aliphatic carbocycles. The van der Waals surface area contributed by atoms with Crippen molar-refractivity contribution >= 4 is 44.1 Å². The lowest BCUT2D eigenvalue weighted by molar-refractivity contribution is -0.123. The molecule has 1 atom stereocenters. The third-order valence-corrected chi connectivity index (χ3v) is 6.38. The average Bonchev–Trinajstić information content (AvgIpc) is 3.25. The summed E-state index contributed by atoms with van der Waals surface area (Å²) in [5.41, 5.74) is 1.88. The second kappa shape index (κ2) is 7.50. The number of thiazole rings is 1. The lowest BCUT2D eigenvalue weighted by Gasteiger charge is -2.27. The normalized spacial score (nSPS) is 17.0. The fourth-order valence-electron chi connectivity index (χ4n) is 3.67. The van der Waals surface area contributed by atoms with Crippen LogP contribution < -0.4 is 9.80 Å². The number of Topliss-reactive ketones (excluding diaryl/α,β-unsaturated/α-hetero) is 1. The minimum atomic E-state index is -0.755. The number of ketones is 1. The number of amides is 1. The smallest absolute Gasteiger partial charge is 0.296 e. The first-order chi connectivity index (χ1) is 14.6. The van der Waals surface area contributed by atoms with E-state index in [0.717, 1.165) is 21.5 Å². The summed E-state index contributed by atoms with van der Waals surface area (Å²) >= 11 is 1.36. The lowest BCUT2D eigenvalue weighted by atomic mass is 9.82. The van der Waals surface area contributed by atoms with Crippen LogP contribution in [-0.2, 0) is 9.59 Å². The molecule has 7 heteroatoms. The molecule has 0 fully saturated rings. The van der Waals surface area contributed by atoms with Gasteiger partial charge in [0.1, 0.15) is 0 Å². The molecular formula is C24H25N3O3S. The number of hydrogen-bond acceptors (Lipinski definition) is 6. The van der Waals surface area contributed by atoms with Crippen LogP contribution in [0.4, 0.5) is 10.8 Å². The Morgan fingerprint density at radius 1 is 1.10 bits per heavy atom. The van der Waals surface area contributed by atoms with Gasteiger partial charge in [-0.05, 0) is 29.8 Å². The van der Waals surface area contributed by atoms with Crippen molar-refractivity contribution in [3.05, 3.63) is 65.4 Å². The number of aliphatic hydroxyl groups is 1. The molecular weight excluding hydrogens is 410 g/mol. The summed E-state index contributed by atoms with van der Waals surface area (Å²) in [6.07, 6.45) is 0. The molecule has 2 aromatic carbocycles. The van der Waals surface area contributed by atoms with E-state index in [9.17, 15) is 14.7 Å². The van der Waals surface area contributed by atoms with Gasteiger partial charge in [0, 0.05) is 25.2 Å². The van der Waals surface area contributed by atoms with Crippen molar-refractivity contribution in [2.24, 2.45) is 5.41 Å². The molecule has 1 aliphatic rings. The SMILES string of the molecule is CN(C)c1ccc(C2C(C(=O)C(C)(C)C)=C(O)C(=O)N2c2nc3ccccc3s2)cc1. The highest BCUT2D eigenvalue weighted by molar-refractivity contribution is 7.22. The van der Waals surface area contributed by atoms with Crippen LogP contribution in [0.25, 0.3) is 10.2 Å². The van der Waals surface area contributed by atoms with Gasteiger partial charge in [-0.25, -0.2) is 4.98 Å². The molecule has 31 heavy (non-hydrogen) atoms. The number of hydrogen-bond donors (Lipinski definition) is 1. The number of aliphatic hydroxyl groups excluding tert-OH is 1. The summed E-state index contributed by atoms with van der Waals surface area (Å²) in [7, 11) is 3.89. The van der Waals surface area contributed by atoms with E-state index >= 15 is 0 Å². The molecule has 0 saturated heterocycles. The van der Waals surface area contributed by atoms with Crippen LogP contribution in [0.3, 0.4) is 0 Å². The van der Waals surface area contributed by atoms with Crippen molar-refractivity contribution in [2.45, 2.75) is 26.8 Å². The van der Waals surface area contributed by atoms with E-state index in [2.05, 4.69) is 4.98 Å². The Labute approximate surface area is 185 Å². The van der Waals surface area contributed by atoms with Gasteiger partial charge in [-0.15, -0.1) is 0 Å². The number of benzene rings is 2. The van der Waals surface area contributed by atoms with Crippen LogP contribution in [-0.4, -0.2) is 35.9 Å². The van der Waals surface area contributed by atoms with E-state index < -0.39 is 23.1 Å². The van der Waals surface area contributed by atoms with E-state index in [1.54, 1.807) is 20.8 Å². The summed E-state index contributed by atoms with van der Waals surface area (Å²) in [5, 5.41) is 11.3. The number of anilines is 2. The predicted octanol–water partition coefficient (Wildman–Crippen LogP) is 4.88. The van der Waals surface area contributed by atoms with Gasteiger partial charge in [-0.3, -0.25) is 14.5 Å². The Bertz CT molecular complexity index is 1170. The zero-order valence-electron chi connectivity index (χ0n) is 18.2. The van der Waals surface area contributed by atoms with Crippen LogP contribution in [0.5, 0.6) is 0 Å². The summed E-state index contributed by atoms with van der Waals surface area (Å²) in [4.78, 5) is 34.6. The third-order valence-electron chi connectivity index (χ3n) is 5.35. The van der Waals surface area contributed by atoms with E-state index in [1.807, 2.05) is 67.5 Å². The summed E-state index contributed by atoms with van der Waals surface area (Å²) in [6.45, 7) is 5.35. The van der Waals surface area contributed by atoms with E-state index in [-0.39, 0.29) is 11.4 Å². The molecule has 0 saturated carbocycles. The number of nitrogens with zero attached hydrogens (tertiary/aromatic N) is 3. The maximum absolute atomic E-state index is 13.3. The molecule has 4 rings (SSSR count). The van der Waals surface area contributed by atoms with Crippen LogP contribution in [0, 0.1) is 5.41 Å². The fourth-order valence-corrected chi connectivity index (χ4v) is 4.66. The maximum Gasteiger partial charge on any atom is 0.296 e. The molecule has 0 radical (unpaired) electrons. The summed E-state index contributed by atoms with van der Waals surface area (Å²) in [5.74, 6) is -1.36. The van der Waals surface area contributed by atoms with Crippen LogP contribution in [0.1, 0.15) is 32.4 Å². The van der Waals surface area contributed by atoms with Gasteiger partial charge in [0.15, 0.2) is 16.7 Å². The van der Waals surface area contributed by atoms with Gasteiger partial charge in [0.2, 0.25) is 0 Å². The van der Waals surface area contributed by atoms with Crippen molar-refractivity contribution < 1.29 is 14.7 Å². The van der Waals surface area contributed by atoms with Crippen molar-refractivity contribution in [3.63, 3.8) is 0 Å². The predicted molar refractivity (Wildman–Crippen MR) is 125 cm³/mol. The number of rotatable bonds is 4. The molecule has 0 spiro atoms. The lowest BCUT2D eigenvalue weighted by Crippen LogP contribution is -2.32. The molecule has 1 aliphatic heterocycles. The Morgan fingerprint density at radius 2 is 1.74 bits per heavy atom. The molecule has 6 nitrogen and oxygen atoms in total. The number of carbonyl (C=O) groups is 2. The Morgan fingerprint density at radius 3 is 2.32 bits per heavy atom. The zero-order chi connectivity index (χ0) is 22.5. The highest BCUT2D eigenvalue weighted by atomic mass is 32.1. The van der Waals surface area contributed by atoms with E-state index in [0.29, 0.717) is 5.13 Å². The monoisotopic (exact) mass is 435 g/mol. The van der Waals surface area contributed by atoms with Crippen LogP contribution in [0.2, 0.25) is 0 Å². The van der Waals surface area contributed by atoms with Gasteiger partial charge < -0.3 is 10.0 Å². The van der Waals surface area contributed by atoms with Gasteiger partial charge in [0.25, 0.3) is 5.91 Å². The quantitative estimate of drug-likeness (QED) is 0.632. The minimum Gasteiger partial charge on any atom is -0.503 e. The number of aromatic nitrogens is 1. The van der Waals surface area contributed by atoms with E-state index in [4.69, 9.17) is 0 Å². The Hall–Kier alpha value is -3.19. The highest BCUT2D eigenvalue weighted by Crippen LogP contribution is 2.45. The summed E-state index contributed by atoms with van der Waals surface area (Å²) in [6, 6.07) is 14.5. The zero-order valence-corrected chi connectivity index (χ0v) is 19.0. The van der Waals surface area contributed by atoms with Crippen LogP contribution >= 0.6 is 11.3 Å². The Kier molecular flexibility index (Phi) is 5.09. The van der Waals surface area contributed by atoms with Gasteiger partial charge in [-0.1, -0.05) is 56.4 Å². The first-order valence-electron chi connectivity index (χ1n) is 10.0. The number of carbonyl (C=O) groups excluding carboxylic acids is 2. The molecule has 2 heterocycles. The summed E-state index contributed by atoms with van der Waals surface area (Å²) < 4.78 is 0.932. The second-order valence-electron chi connectivity index (χ2n) is 8.87. The van der Waals surface area contributed by atoms with Crippen LogP contribution in [0.15, 0.2) is 59.9 Å². The molecule has 1 amide bonds. The average molecular weight is 436 g/mol. The standard InChI is InChI=1S/C24H25N3O3S/c1-24(2,3)21(29)18-19(14-10-12-15(13-11-14)26(4)5)27(22(30)20(18)28)23-25-16-8-6-7-9-17(16)31-23/h6-13,19,28H,1-5H3. The molecule has 1 N–H and O–H groups in total. The second-order valence-corrected chi connectivity index (χ2v) is 9.88. The third kappa shape index (κ3) is 3.59. The first kappa shape index (κ1) is 21.1. The minimum absolute atomic E-state index is 0.120. The molecule has 0 bridgehead atoms. The van der Waals surface area contributed by atoms with Crippen molar-refractivity contribution in [3.8, 4) is 0 Å². The van der Waals surface area contributed by atoms with E-state index in [1.165, 1.54) is 16.2 Å². The fraction of sp³-hybridized carbons (Fsp3) is 0.292. The van der Waals surface area contributed by atoms with Gasteiger partial charge in [-0.2, -0.15) is 0 Å². The highest BCUT2D eigenvalue weighted by Gasteiger charge is 2.47. The van der Waals surface area contributed by atoms with Crippen molar-refractivity contribution in [1.29, 1.82) is 0 Å². The molecule has 160 valence electrons. The first-order valence-corrected chi connectivity index (χ1v) is 10.9. The van der Waals surface area contributed by atoms with Crippen molar-refractivity contribution in [2.75, 3.05) is 23.9 Å². The Balaban J connectivity index is 1.89. The topological polar surface area (TPSA) is 73.7 Å². The van der Waals surface area contributed by atoms with Gasteiger partial charge in [0.05, 0.1) is 21.8 Å². The molecule has 3 aromatic rings. The largest absolute Gasteiger partial charge is 0.503 e. The van der Waals surface area contributed by atoms with Gasteiger partial charge >= 0.3 is 0 Å². The number of fused-ring (bicyclic) bond motifs is 1. The molecule has 1 unspecified atom stereocenters. The maximum atomic E-state index is 13.3.